The van der Waals surface area contributed by atoms with Gasteiger partial charge in [-0.1, -0.05) is 6.07 Å². The van der Waals surface area contributed by atoms with Crippen molar-refractivity contribution in [2.45, 2.75) is 18.9 Å². The van der Waals surface area contributed by atoms with Crippen molar-refractivity contribution >= 4 is 60.7 Å². The largest absolute Gasteiger partial charge is 0.352 e. The maximum atomic E-state index is 14.7. The number of pyridine rings is 1. The van der Waals surface area contributed by atoms with Gasteiger partial charge >= 0.3 is 5.69 Å². The highest BCUT2D eigenvalue weighted by molar-refractivity contribution is 14.1. The number of sulfonamides is 1. The molecule has 192 valence electrons. The van der Waals surface area contributed by atoms with Gasteiger partial charge in [0, 0.05) is 22.7 Å². The maximum Gasteiger partial charge on any atom is 0.337 e. The summed E-state index contributed by atoms with van der Waals surface area (Å²) in [5, 5.41) is 2.89. The summed E-state index contributed by atoms with van der Waals surface area (Å²) in [6.07, 6.45) is 2.27. The highest BCUT2D eigenvalue weighted by Gasteiger charge is 2.31. The SMILES string of the molecule is Cn1c(=O)cc(Nc2ccc(I)cc2F)c2c(=O)n(C3CC3)c(=O)n(-c3cccc(NS(C)(=O)=O)c3)c21. The molecule has 1 aliphatic carbocycles. The van der Waals surface area contributed by atoms with E-state index in [1.54, 1.807) is 18.2 Å². The van der Waals surface area contributed by atoms with Crippen molar-refractivity contribution < 1.29 is 12.8 Å². The Morgan fingerprint density at radius 1 is 1.03 bits per heavy atom. The van der Waals surface area contributed by atoms with Gasteiger partial charge in [-0.2, -0.15) is 0 Å². The molecule has 2 aromatic heterocycles. The van der Waals surface area contributed by atoms with Crippen LogP contribution in [0.15, 0.2) is 62.9 Å². The van der Waals surface area contributed by atoms with Crippen molar-refractivity contribution in [2.24, 2.45) is 7.05 Å². The quantitative estimate of drug-likeness (QED) is 0.314. The summed E-state index contributed by atoms with van der Waals surface area (Å²) in [6.45, 7) is 0. The van der Waals surface area contributed by atoms with Crippen LogP contribution in [0.4, 0.5) is 21.5 Å². The summed E-state index contributed by atoms with van der Waals surface area (Å²) in [7, 11) is -2.18. The van der Waals surface area contributed by atoms with Crippen molar-refractivity contribution in [3.63, 3.8) is 0 Å². The molecule has 2 heterocycles. The molecule has 0 unspecified atom stereocenters. The Balaban J connectivity index is 1.86. The van der Waals surface area contributed by atoms with Gasteiger partial charge in [0.2, 0.25) is 10.0 Å². The van der Waals surface area contributed by atoms with Crippen LogP contribution in [-0.4, -0.2) is 28.4 Å². The van der Waals surface area contributed by atoms with Gasteiger partial charge in [-0.25, -0.2) is 22.2 Å². The Morgan fingerprint density at radius 2 is 1.76 bits per heavy atom. The number of anilines is 3. The van der Waals surface area contributed by atoms with E-state index < -0.39 is 32.6 Å². The van der Waals surface area contributed by atoms with Gasteiger partial charge in [0.1, 0.15) is 16.9 Å². The van der Waals surface area contributed by atoms with E-state index in [4.69, 9.17) is 0 Å². The number of fused-ring (bicyclic) bond motifs is 1. The van der Waals surface area contributed by atoms with Crippen LogP contribution in [0.3, 0.4) is 0 Å². The highest BCUT2D eigenvalue weighted by atomic mass is 127. The molecular formula is C24H21FIN5O5S. The van der Waals surface area contributed by atoms with Crippen molar-refractivity contribution in [3.05, 3.63) is 89.1 Å². The monoisotopic (exact) mass is 637 g/mol. The molecule has 0 spiro atoms. The molecule has 1 saturated carbocycles. The third-order valence-electron chi connectivity index (χ3n) is 5.97. The fourth-order valence-electron chi connectivity index (χ4n) is 4.21. The number of aryl methyl sites for hydroxylation is 1. The molecule has 10 nitrogen and oxygen atoms in total. The molecule has 1 fully saturated rings. The fourth-order valence-corrected chi connectivity index (χ4v) is 5.22. The molecule has 0 amide bonds. The number of hydrogen-bond donors (Lipinski definition) is 2. The predicted octanol–water partition coefficient (Wildman–Crippen LogP) is 3.04. The summed E-state index contributed by atoms with van der Waals surface area (Å²) in [5.41, 5.74) is -1.26. The Bertz CT molecular complexity index is 1880. The Morgan fingerprint density at radius 3 is 2.41 bits per heavy atom. The number of nitrogens with one attached hydrogen (secondary N) is 2. The second-order valence-electron chi connectivity index (χ2n) is 8.85. The molecular weight excluding hydrogens is 616 g/mol. The normalized spacial score (nSPS) is 13.6. The van der Waals surface area contributed by atoms with Gasteiger partial charge in [-0.15, -0.1) is 0 Å². The summed E-state index contributed by atoms with van der Waals surface area (Å²) >= 11 is 1.97. The first-order valence-electron chi connectivity index (χ1n) is 11.2. The fraction of sp³-hybridized carbons (Fsp3) is 0.208. The first-order valence-corrected chi connectivity index (χ1v) is 14.1. The predicted molar refractivity (Wildman–Crippen MR) is 148 cm³/mol. The summed E-state index contributed by atoms with van der Waals surface area (Å²) in [6, 6.07) is 11.4. The summed E-state index contributed by atoms with van der Waals surface area (Å²) in [4.78, 5) is 40.4. The second-order valence-corrected chi connectivity index (χ2v) is 11.8. The number of nitrogens with zero attached hydrogens (tertiary/aromatic N) is 3. The molecule has 4 aromatic rings. The minimum absolute atomic E-state index is 0.00988. The van der Waals surface area contributed by atoms with Crippen molar-refractivity contribution in [1.29, 1.82) is 0 Å². The van der Waals surface area contributed by atoms with Crippen LogP contribution in [0, 0.1) is 9.39 Å². The van der Waals surface area contributed by atoms with Gasteiger partial charge in [-0.05, 0) is 71.8 Å². The first-order chi connectivity index (χ1) is 17.4. The van der Waals surface area contributed by atoms with Crippen molar-refractivity contribution in [2.75, 3.05) is 16.3 Å². The van der Waals surface area contributed by atoms with E-state index in [2.05, 4.69) is 10.0 Å². The van der Waals surface area contributed by atoms with Gasteiger partial charge in [0.15, 0.2) is 0 Å². The van der Waals surface area contributed by atoms with E-state index in [0.717, 1.165) is 10.8 Å². The van der Waals surface area contributed by atoms with Crippen LogP contribution < -0.4 is 26.8 Å². The van der Waals surface area contributed by atoms with E-state index >= 15 is 0 Å². The third kappa shape index (κ3) is 4.80. The molecule has 0 atom stereocenters. The second kappa shape index (κ2) is 9.13. The van der Waals surface area contributed by atoms with Crippen LogP contribution in [0.25, 0.3) is 16.7 Å². The minimum Gasteiger partial charge on any atom is -0.352 e. The van der Waals surface area contributed by atoms with Crippen LogP contribution in [-0.2, 0) is 17.1 Å². The molecule has 2 N–H and O–H groups in total. The zero-order valence-electron chi connectivity index (χ0n) is 19.7. The topological polar surface area (TPSA) is 124 Å². The first kappa shape index (κ1) is 25.2. The van der Waals surface area contributed by atoms with Gasteiger partial charge in [0.05, 0.1) is 29.0 Å². The zero-order valence-corrected chi connectivity index (χ0v) is 22.6. The van der Waals surface area contributed by atoms with Crippen LogP contribution in [0.1, 0.15) is 18.9 Å². The molecule has 0 saturated heterocycles. The molecule has 2 aromatic carbocycles. The van der Waals surface area contributed by atoms with Crippen LogP contribution in [0.5, 0.6) is 0 Å². The number of aromatic nitrogens is 3. The maximum absolute atomic E-state index is 14.7. The van der Waals surface area contributed by atoms with E-state index in [1.807, 2.05) is 22.6 Å². The lowest BCUT2D eigenvalue weighted by Crippen LogP contribution is -2.41. The number of hydrogen-bond acceptors (Lipinski definition) is 6. The smallest absolute Gasteiger partial charge is 0.337 e. The zero-order chi connectivity index (χ0) is 26.6. The van der Waals surface area contributed by atoms with Crippen LogP contribution >= 0.6 is 22.6 Å². The van der Waals surface area contributed by atoms with Crippen molar-refractivity contribution in [3.8, 4) is 5.69 Å². The average Bonchev–Trinajstić information content (AvgIpc) is 3.63. The number of rotatable bonds is 6. The molecule has 5 rings (SSSR count). The standard InChI is InChI=1S/C24H21FIN5O5S/c1-29-20(32)12-19(27-18-9-6-13(26)10-17(18)25)21-22(29)30(24(34)31(23(21)33)15-7-8-15)16-5-3-4-14(11-16)28-37(2,35)36/h3-6,9-12,15,27-28H,7-8H2,1-2H3. The lowest BCUT2D eigenvalue weighted by Gasteiger charge is -2.19. The Kier molecular flexibility index (Phi) is 6.22. The summed E-state index contributed by atoms with van der Waals surface area (Å²) in [5.74, 6) is -0.573. The minimum atomic E-state index is -3.60. The van der Waals surface area contributed by atoms with E-state index in [-0.39, 0.29) is 39.8 Å². The lowest BCUT2D eigenvalue weighted by molar-refractivity contribution is 0.607. The van der Waals surface area contributed by atoms with Gasteiger partial charge in [-0.3, -0.25) is 23.4 Å². The van der Waals surface area contributed by atoms with Crippen molar-refractivity contribution in [1.82, 2.24) is 13.7 Å². The number of benzene rings is 2. The molecule has 1 aliphatic rings. The Hall–Kier alpha value is -3.46. The molecule has 0 radical (unpaired) electrons. The molecule has 13 heteroatoms. The Labute approximate surface area is 223 Å². The van der Waals surface area contributed by atoms with E-state index in [9.17, 15) is 27.2 Å². The van der Waals surface area contributed by atoms with E-state index in [0.29, 0.717) is 16.4 Å². The third-order valence-corrected chi connectivity index (χ3v) is 7.25. The molecule has 0 aliphatic heterocycles. The van der Waals surface area contributed by atoms with Gasteiger partial charge in [0.25, 0.3) is 11.1 Å². The molecule has 37 heavy (non-hydrogen) atoms. The molecule has 0 bridgehead atoms. The van der Waals surface area contributed by atoms with Gasteiger partial charge < -0.3 is 5.32 Å². The van der Waals surface area contributed by atoms with Crippen LogP contribution in [0.2, 0.25) is 0 Å². The average molecular weight is 637 g/mol. The highest BCUT2D eigenvalue weighted by Crippen LogP contribution is 2.34. The number of halogens is 2. The van der Waals surface area contributed by atoms with E-state index in [1.165, 1.54) is 46.5 Å². The summed E-state index contributed by atoms with van der Waals surface area (Å²) < 4.78 is 44.8. The lowest BCUT2D eigenvalue weighted by atomic mass is 10.2.